The average molecular weight is 377 g/mol. The first-order chi connectivity index (χ1) is 13.4. The van der Waals surface area contributed by atoms with E-state index in [0.29, 0.717) is 0 Å². The van der Waals surface area contributed by atoms with E-state index < -0.39 is 0 Å². The number of rotatable bonds is 4. The average Bonchev–Trinajstić information content (AvgIpc) is 3.07. The lowest BCUT2D eigenvalue weighted by molar-refractivity contribution is -0.121. The molecule has 0 fully saturated rings. The molecule has 0 unspecified atom stereocenters. The predicted octanol–water partition coefficient (Wildman–Crippen LogP) is 4.38. The van der Waals surface area contributed by atoms with Gasteiger partial charge in [0.1, 0.15) is 5.82 Å². The van der Waals surface area contributed by atoms with E-state index in [-0.39, 0.29) is 29.6 Å². The van der Waals surface area contributed by atoms with Crippen molar-refractivity contribution in [3.05, 3.63) is 83.4 Å². The van der Waals surface area contributed by atoms with Crippen molar-refractivity contribution in [2.45, 2.75) is 39.2 Å². The first-order valence-electron chi connectivity index (χ1n) is 9.57. The normalized spacial score (nSPS) is 17.8. The van der Waals surface area contributed by atoms with E-state index in [1.54, 1.807) is 12.1 Å². The maximum absolute atomic E-state index is 13.1. The SMILES string of the molecule is CC1(C)Cc2c(cnn2-c2ccccc2)[C@@H](NC(=O)Cc2ccc(F)cc2)C1. The maximum atomic E-state index is 13.1. The molecule has 144 valence electrons. The summed E-state index contributed by atoms with van der Waals surface area (Å²) in [5, 5.41) is 7.78. The molecule has 4 rings (SSSR count). The van der Waals surface area contributed by atoms with Gasteiger partial charge in [0, 0.05) is 5.56 Å². The van der Waals surface area contributed by atoms with Gasteiger partial charge in [-0.2, -0.15) is 5.10 Å². The molecule has 0 radical (unpaired) electrons. The molecule has 28 heavy (non-hydrogen) atoms. The van der Waals surface area contributed by atoms with Crippen LogP contribution in [0.4, 0.5) is 4.39 Å². The fraction of sp³-hybridized carbons (Fsp3) is 0.304. The molecule has 0 saturated carbocycles. The zero-order valence-corrected chi connectivity index (χ0v) is 16.2. The van der Waals surface area contributed by atoms with Gasteiger partial charge in [0.05, 0.1) is 30.0 Å². The summed E-state index contributed by atoms with van der Waals surface area (Å²) in [4.78, 5) is 12.6. The molecule has 1 N–H and O–H groups in total. The monoisotopic (exact) mass is 377 g/mol. The summed E-state index contributed by atoms with van der Waals surface area (Å²) in [5.74, 6) is -0.358. The zero-order chi connectivity index (χ0) is 19.7. The Bertz CT molecular complexity index is 977. The number of hydrogen-bond acceptors (Lipinski definition) is 2. The van der Waals surface area contributed by atoms with E-state index in [4.69, 9.17) is 0 Å². The highest BCUT2D eigenvalue weighted by atomic mass is 19.1. The van der Waals surface area contributed by atoms with Crippen molar-refractivity contribution >= 4 is 5.91 Å². The molecule has 0 saturated heterocycles. The van der Waals surface area contributed by atoms with E-state index >= 15 is 0 Å². The number of para-hydroxylation sites is 1. The van der Waals surface area contributed by atoms with Gasteiger partial charge < -0.3 is 5.32 Å². The Morgan fingerprint density at radius 3 is 2.61 bits per heavy atom. The largest absolute Gasteiger partial charge is 0.349 e. The third-order valence-electron chi connectivity index (χ3n) is 5.29. The van der Waals surface area contributed by atoms with Crippen molar-refractivity contribution in [1.29, 1.82) is 0 Å². The molecule has 3 aromatic rings. The van der Waals surface area contributed by atoms with Crippen LogP contribution in [0.3, 0.4) is 0 Å². The van der Waals surface area contributed by atoms with E-state index in [2.05, 4.69) is 24.3 Å². The minimum Gasteiger partial charge on any atom is -0.349 e. The Kier molecular flexibility index (Phi) is 4.75. The molecule has 2 aromatic carbocycles. The van der Waals surface area contributed by atoms with E-state index in [1.807, 2.05) is 41.2 Å². The molecular weight excluding hydrogens is 353 g/mol. The van der Waals surface area contributed by atoms with Gasteiger partial charge in [-0.05, 0) is 48.1 Å². The van der Waals surface area contributed by atoms with Gasteiger partial charge in [-0.25, -0.2) is 9.07 Å². The molecule has 0 spiro atoms. The third-order valence-corrected chi connectivity index (χ3v) is 5.29. The number of carbonyl (C=O) groups excluding carboxylic acids is 1. The summed E-state index contributed by atoms with van der Waals surface area (Å²) >= 11 is 0. The summed E-state index contributed by atoms with van der Waals surface area (Å²) in [7, 11) is 0. The van der Waals surface area contributed by atoms with Crippen LogP contribution in [0.25, 0.3) is 5.69 Å². The van der Waals surface area contributed by atoms with Gasteiger partial charge in [-0.1, -0.05) is 44.2 Å². The lowest BCUT2D eigenvalue weighted by Gasteiger charge is -2.36. The minimum atomic E-state index is -0.295. The van der Waals surface area contributed by atoms with Gasteiger partial charge in [-0.15, -0.1) is 0 Å². The molecular formula is C23H24FN3O. The van der Waals surface area contributed by atoms with Crippen LogP contribution in [-0.2, 0) is 17.6 Å². The molecule has 4 nitrogen and oxygen atoms in total. The third kappa shape index (κ3) is 3.84. The first kappa shape index (κ1) is 18.4. The summed E-state index contributed by atoms with van der Waals surface area (Å²) in [6, 6.07) is 16.1. The molecule has 0 aliphatic heterocycles. The van der Waals surface area contributed by atoms with Gasteiger partial charge in [-0.3, -0.25) is 4.79 Å². The van der Waals surface area contributed by atoms with Crippen molar-refractivity contribution < 1.29 is 9.18 Å². The smallest absolute Gasteiger partial charge is 0.224 e. The van der Waals surface area contributed by atoms with Gasteiger partial charge in [0.15, 0.2) is 0 Å². The summed E-state index contributed by atoms with van der Waals surface area (Å²) in [6.07, 6.45) is 3.87. The number of fused-ring (bicyclic) bond motifs is 1. The van der Waals surface area contributed by atoms with Crippen LogP contribution in [0.2, 0.25) is 0 Å². The lowest BCUT2D eigenvalue weighted by atomic mass is 9.74. The highest BCUT2D eigenvalue weighted by Crippen LogP contribution is 2.41. The predicted molar refractivity (Wildman–Crippen MR) is 107 cm³/mol. The number of halogens is 1. The van der Waals surface area contributed by atoms with Crippen LogP contribution < -0.4 is 5.32 Å². The molecule has 1 aliphatic rings. The second-order valence-corrected chi connectivity index (χ2v) is 8.26. The van der Waals surface area contributed by atoms with Crippen LogP contribution in [0.5, 0.6) is 0 Å². The Balaban J connectivity index is 1.58. The quantitative estimate of drug-likeness (QED) is 0.733. The van der Waals surface area contributed by atoms with E-state index in [1.165, 1.54) is 12.1 Å². The molecule has 1 heterocycles. The number of amides is 1. The molecule has 1 amide bonds. The van der Waals surface area contributed by atoms with E-state index in [0.717, 1.165) is 35.3 Å². The van der Waals surface area contributed by atoms with Crippen molar-refractivity contribution in [2.24, 2.45) is 5.41 Å². The number of benzene rings is 2. The Morgan fingerprint density at radius 2 is 1.89 bits per heavy atom. The summed E-state index contributed by atoms with van der Waals surface area (Å²) < 4.78 is 15.1. The number of carbonyl (C=O) groups is 1. The first-order valence-corrected chi connectivity index (χ1v) is 9.57. The summed E-state index contributed by atoms with van der Waals surface area (Å²) in [5.41, 5.74) is 4.10. The highest BCUT2D eigenvalue weighted by molar-refractivity contribution is 5.79. The Morgan fingerprint density at radius 1 is 1.18 bits per heavy atom. The van der Waals surface area contributed by atoms with Crippen molar-refractivity contribution in [1.82, 2.24) is 15.1 Å². The Hall–Kier alpha value is -2.95. The Labute approximate surface area is 164 Å². The van der Waals surface area contributed by atoms with Crippen LogP contribution in [-0.4, -0.2) is 15.7 Å². The topological polar surface area (TPSA) is 46.9 Å². The number of hydrogen-bond donors (Lipinski definition) is 1. The number of nitrogens with one attached hydrogen (secondary N) is 1. The van der Waals surface area contributed by atoms with Gasteiger partial charge in [0.2, 0.25) is 5.91 Å². The lowest BCUT2D eigenvalue weighted by Crippen LogP contribution is -2.37. The standard InChI is InChI=1S/C23H24FN3O/c1-23(2)13-20(26-22(28)12-16-8-10-17(24)11-9-16)19-15-25-27(21(19)14-23)18-6-4-3-5-7-18/h3-11,15,20H,12-14H2,1-2H3,(H,26,28)/t20-/m0/s1. The van der Waals surface area contributed by atoms with Crippen LogP contribution >= 0.6 is 0 Å². The van der Waals surface area contributed by atoms with Gasteiger partial charge >= 0.3 is 0 Å². The zero-order valence-electron chi connectivity index (χ0n) is 16.2. The van der Waals surface area contributed by atoms with Crippen molar-refractivity contribution in [3.63, 3.8) is 0 Å². The number of aromatic nitrogens is 2. The second-order valence-electron chi connectivity index (χ2n) is 8.26. The fourth-order valence-corrected chi connectivity index (χ4v) is 4.00. The number of nitrogens with zero attached hydrogens (tertiary/aromatic N) is 2. The van der Waals surface area contributed by atoms with E-state index in [9.17, 15) is 9.18 Å². The summed E-state index contributed by atoms with van der Waals surface area (Å²) in [6.45, 7) is 4.44. The molecule has 0 bridgehead atoms. The molecule has 1 atom stereocenters. The molecule has 1 aromatic heterocycles. The van der Waals surface area contributed by atoms with Crippen molar-refractivity contribution in [3.8, 4) is 5.69 Å². The van der Waals surface area contributed by atoms with Crippen LogP contribution in [0.1, 0.15) is 43.1 Å². The maximum Gasteiger partial charge on any atom is 0.224 e. The minimum absolute atomic E-state index is 0.0490. The fourth-order valence-electron chi connectivity index (χ4n) is 4.00. The molecule has 5 heteroatoms. The second kappa shape index (κ2) is 7.23. The van der Waals surface area contributed by atoms with Gasteiger partial charge in [0.25, 0.3) is 0 Å². The van der Waals surface area contributed by atoms with Crippen molar-refractivity contribution in [2.75, 3.05) is 0 Å². The molecule has 1 aliphatic carbocycles. The highest BCUT2D eigenvalue weighted by Gasteiger charge is 2.35. The van der Waals surface area contributed by atoms with Crippen LogP contribution in [0, 0.1) is 11.2 Å². The van der Waals surface area contributed by atoms with Crippen LogP contribution in [0.15, 0.2) is 60.8 Å².